The van der Waals surface area contributed by atoms with Crippen molar-refractivity contribution in [2.75, 3.05) is 20.5 Å². The largest absolute Gasteiger partial charge is 0.496 e. The number of ether oxygens (including phenoxy) is 2. The summed E-state index contributed by atoms with van der Waals surface area (Å²) >= 11 is 1.70. The highest BCUT2D eigenvalue weighted by Crippen LogP contribution is 2.22. The van der Waals surface area contributed by atoms with Crippen LogP contribution in [0.2, 0.25) is 0 Å². The third-order valence-electron chi connectivity index (χ3n) is 1.98. The van der Waals surface area contributed by atoms with Gasteiger partial charge in [0.15, 0.2) is 0 Å². The quantitative estimate of drug-likeness (QED) is 0.738. The number of carbonyl (C=O) groups excluding carboxylic acids is 1. The van der Waals surface area contributed by atoms with Gasteiger partial charge in [-0.05, 0) is 24.0 Å². The van der Waals surface area contributed by atoms with E-state index in [-0.39, 0.29) is 5.97 Å². The molecule has 0 N–H and O–H groups in total. The topological polar surface area (TPSA) is 35.5 Å². The highest BCUT2D eigenvalue weighted by molar-refractivity contribution is 7.97. The zero-order chi connectivity index (χ0) is 11.3. The summed E-state index contributed by atoms with van der Waals surface area (Å²) in [7, 11) is 2.90. The zero-order valence-corrected chi connectivity index (χ0v) is 9.89. The molecule has 1 aromatic carbocycles. The first-order valence-corrected chi connectivity index (χ1v) is 5.86. The normalized spacial score (nSPS) is 9.80. The number of thioether (sulfide) groups is 1. The van der Waals surface area contributed by atoms with E-state index in [1.165, 1.54) is 14.2 Å². The molecule has 1 rings (SSSR count). The molecular formula is C11H14O3S. The Labute approximate surface area is 93.8 Å². The minimum atomic E-state index is -0.366. The van der Waals surface area contributed by atoms with Crippen LogP contribution in [0, 0.1) is 0 Å². The molecule has 0 unspecified atom stereocenters. The summed E-state index contributed by atoms with van der Waals surface area (Å²) in [6.45, 7) is 0. The molecule has 0 atom stereocenters. The molecule has 0 saturated heterocycles. The lowest BCUT2D eigenvalue weighted by molar-refractivity contribution is 0.0597. The molecule has 0 aromatic heterocycles. The van der Waals surface area contributed by atoms with E-state index in [2.05, 4.69) is 4.74 Å². The summed E-state index contributed by atoms with van der Waals surface area (Å²) in [5.74, 6) is 1.05. The van der Waals surface area contributed by atoms with E-state index in [0.717, 1.165) is 11.3 Å². The molecule has 4 heteroatoms. The summed E-state index contributed by atoms with van der Waals surface area (Å²) < 4.78 is 9.78. The predicted molar refractivity (Wildman–Crippen MR) is 61.6 cm³/mol. The van der Waals surface area contributed by atoms with Crippen molar-refractivity contribution in [1.82, 2.24) is 0 Å². The van der Waals surface area contributed by atoms with Gasteiger partial charge in [0.25, 0.3) is 0 Å². The van der Waals surface area contributed by atoms with Gasteiger partial charge in [-0.1, -0.05) is 6.07 Å². The Morgan fingerprint density at radius 3 is 2.67 bits per heavy atom. The van der Waals surface area contributed by atoms with Crippen LogP contribution in [0.5, 0.6) is 5.75 Å². The molecule has 0 aliphatic rings. The fourth-order valence-corrected chi connectivity index (χ4v) is 1.79. The van der Waals surface area contributed by atoms with Gasteiger partial charge in [-0.15, -0.1) is 0 Å². The van der Waals surface area contributed by atoms with Crippen molar-refractivity contribution < 1.29 is 14.3 Å². The standard InChI is InChI=1S/C11H14O3S/c1-13-10-5-4-8(7-15-3)6-9(10)11(12)14-2/h4-6H,7H2,1-3H3. The van der Waals surface area contributed by atoms with E-state index in [0.29, 0.717) is 11.3 Å². The van der Waals surface area contributed by atoms with Gasteiger partial charge in [-0.3, -0.25) is 0 Å². The maximum atomic E-state index is 11.4. The van der Waals surface area contributed by atoms with Gasteiger partial charge in [0.2, 0.25) is 0 Å². The van der Waals surface area contributed by atoms with Crippen molar-refractivity contribution in [2.45, 2.75) is 5.75 Å². The maximum absolute atomic E-state index is 11.4. The Morgan fingerprint density at radius 1 is 1.40 bits per heavy atom. The van der Waals surface area contributed by atoms with Crippen LogP contribution in [0.25, 0.3) is 0 Å². The summed E-state index contributed by atoms with van der Waals surface area (Å²) in [5, 5.41) is 0. The fraction of sp³-hybridized carbons (Fsp3) is 0.364. The van der Waals surface area contributed by atoms with Gasteiger partial charge in [0.1, 0.15) is 11.3 Å². The second-order valence-corrected chi connectivity index (χ2v) is 3.83. The van der Waals surface area contributed by atoms with Crippen LogP contribution in [0.1, 0.15) is 15.9 Å². The van der Waals surface area contributed by atoms with Gasteiger partial charge in [-0.2, -0.15) is 11.8 Å². The summed E-state index contributed by atoms with van der Waals surface area (Å²) in [6.07, 6.45) is 2.02. The first-order chi connectivity index (χ1) is 7.22. The molecule has 0 radical (unpaired) electrons. The average Bonchev–Trinajstić information content (AvgIpc) is 2.28. The molecule has 0 fully saturated rings. The van der Waals surface area contributed by atoms with Crippen molar-refractivity contribution in [3.05, 3.63) is 29.3 Å². The number of esters is 1. The Bertz CT molecular complexity index is 350. The van der Waals surface area contributed by atoms with Crippen molar-refractivity contribution in [3.8, 4) is 5.75 Å². The molecule has 0 saturated carbocycles. The van der Waals surface area contributed by atoms with Crippen LogP contribution in [0.3, 0.4) is 0 Å². The first kappa shape index (κ1) is 11.9. The zero-order valence-electron chi connectivity index (χ0n) is 9.07. The van der Waals surface area contributed by atoms with Crippen molar-refractivity contribution in [2.24, 2.45) is 0 Å². The molecule has 82 valence electrons. The van der Waals surface area contributed by atoms with Crippen LogP contribution in [0.4, 0.5) is 0 Å². The smallest absolute Gasteiger partial charge is 0.341 e. The van der Waals surface area contributed by atoms with Gasteiger partial charge in [-0.25, -0.2) is 4.79 Å². The first-order valence-electron chi connectivity index (χ1n) is 4.47. The number of carbonyl (C=O) groups is 1. The number of methoxy groups -OCH3 is 2. The van der Waals surface area contributed by atoms with Gasteiger partial charge in [0, 0.05) is 5.75 Å². The molecule has 3 nitrogen and oxygen atoms in total. The maximum Gasteiger partial charge on any atom is 0.341 e. The number of hydrogen-bond donors (Lipinski definition) is 0. The van der Waals surface area contributed by atoms with E-state index in [9.17, 15) is 4.79 Å². The van der Waals surface area contributed by atoms with Crippen LogP contribution in [-0.4, -0.2) is 26.4 Å². The monoisotopic (exact) mass is 226 g/mol. The number of benzene rings is 1. The van der Waals surface area contributed by atoms with Crippen LogP contribution < -0.4 is 4.74 Å². The summed E-state index contributed by atoms with van der Waals surface area (Å²) in [6, 6.07) is 5.54. The third-order valence-corrected chi connectivity index (χ3v) is 2.60. The second kappa shape index (κ2) is 5.66. The molecule has 0 heterocycles. The number of hydrogen-bond acceptors (Lipinski definition) is 4. The average molecular weight is 226 g/mol. The predicted octanol–water partition coefficient (Wildman–Crippen LogP) is 2.34. The lowest BCUT2D eigenvalue weighted by atomic mass is 10.1. The summed E-state index contributed by atoms with van der Waals surface area (Å²) in [4.78, 5) is 11.4. The highest BCUT2D eigenvalue weighted by Gasteiger charge is 2.12. The van der Waals surface area contributed by atoms with Crippen LogP contribution in [-0.2, 0) is 10.5 Å². The van der Waals surface area contributed by atoms with E-state index in [4.69, 9.17) is 4.74 Å². The molecule has 0 amide bonds. The molecule has 0 aliphatic carbocycles. The van der Waals surface area contributed by atoms with E-state index >= 15 is 0 Å². The minimum absolute atomic E-state index is 0.366. The minimum Gasteiger partial charge on any atom is -0.496 e. The Hall–Kier alpha value is -1.16. The fourth-order valence-electron chi connectivity index (χ4n) is 1.28. The third kappa shape index (κ3) is 2.89. The molecule has 0 bridgehead atoms. The van der Waals surface area contributed by atoms with Gasteiger partial charge < -0.3 is 9.47 Å². The second-order valence-electron chi connectivity index (χ2n) is 2.96. The highest BCUT2D eigenvalue weighted by atomic mass is 32.2. The lowest BCUT2D eigenvalue weighted by Crippen LogP contribution is -2.04. The summed E-state index contributed by atoms with van der Waals surface area (Å²) in [5.41, 5.74) is 1.57. The van der Waals surface area contributed by atoms with Crippen molar-refractivity contribution >= 4 is 17.7 Å². The Kier molecular flexibility index (Phi) is 4.49. The van der Waals surface area contributed by atoms with Gasteiger partial charge in [0.05, 0.1) is 14.2 Å². The van der Waals surface area contributed by atoms with E-state index in [1.54, 1.807) is 23.9 Å². The SMILES string of the molecule is COC(=O)c1cc(CSC)ccc1OC. The molecule has 15 heavy (non-hydrogen) atoms. The molecule has 0 spiro atoms. The Balaban J connectivity index is 3.07. The van der Waals surface area contributed by atoms with Gasteiger partial charge >= 0.3 is 5.97 Å². The molecule has 1 aromatic rings. The van der Waals surface area contributed by atoms with Crippen molar-refractivity contribution in [3.63, 3.8) is 0 Å². The number of rotatable bonds is 4. The molecule has 0 aliphatic heterocycles. The van der Waals surface area contributed by atoms with Crippen molar-refractivity contribution in [1.29, 1.82) is 0 Å². The van der Waals surface area contributed by atoms with E-state index in [1.807, 2.05) is 12.3 Å². The Morgan fingerprint density at radius 2 is 2.13 bits per heavy atom. The van der Waals surface area contributed by atoms with Crippen LogP contribution >= 0.6 is 11.8 Å². The lowest BCUT2D eigenvalue weighted by Gasteiger charge is -2.08. The molecular weight excluding hydrogens is 212 g/mol. The van der Waals surface area contributed by atoms with E-state index < -0.39 is 0 Å². The van der Waals surface area contributed by atoms with Crippen LogP contribution in [0.15, 0.2) is 18.2 Å².